The van der Waals surface area contributed by atoms with Crippen LogP contribution in [0.5, 0.6) is 0 Å². The third kappa shape index (κ3) is 2.61. The number of likely N-dealkylation sites (tertiary alicyclic amines) is 1. The molecular formula is C13H18N2O. The summed E-state index contributed by atoms with van der Waals surface area (Å²) in [5.74, 6) is 0.291. The first-order valence-electron chi connectivity index (χ1n) is 5.71. The summed E-state index contributed by atoms with van der Waals surface area (Å²) in [5.41, 5.74) is 2.10. The fourth-order valence-corrected chi connectivity index (χ4v) is 2.03. The second kappa shape index (κ2) is 4.66. The molecule has 16 heavy (non-hydrogen) atoms. The lowest BCUT2D eigenvalue weighted by Gasteiger charge is -2.11. The summed E-state index contributed by atoms with van der Waals surface area (Å²) in [7, 11) is 2.05. The van der Waals surface area contributed by atoms with Crippen LogP contribution in [0.4, 0.5) is 5.69 Å². The molecule has 86 valence electrons. The van der Waals surface area contributed by atoms with Crippen LogP contribution in [0.3, 0.4) is 0 Å². The Kier molecular flexibility index (Phi) is 3.25. The normalized spacial score (nSPS) is 21.0. The molecule has 1 aliphatic heterocycles. The molecule has 0 radical (unpaired) electrons. The highest BCUT2D eigenvalue weighted by atomic mass is 16.1. The summed E-state index contributed by atoms with van der Waals surface area (Å²) < 4.78 is 0. The van der Waals surface area contributed by atoms with E-state index in [-0.39, 0.29) is 11.8 Å². The predicted octanol–water partition coefficient (Wildman–Crippen LogP) is 1.89. The van der Waals surface area contributed by atoms with Gasteiger partial charge < -0.3 is 10.2 Å². The van der Waals surface area contributed by atoms with Crippen LogP contribution in [0.25, 0.3) is 0 Å². The first-order chi connectivity index (χ1) is 7.65. The van der Waals surface area contributed by atoms with E-state index < -0.39 is 0 Å². The molecule has 1 saturated heterocycles. The van der Waals surface area contributed by atoms with E-state index in [2.05, 4.69) is 17.3 Å². The van der Waals surface area contributed by atoms with Gasteiger partial charge in [-0.2, -0.15) is 0 Å². The van der Waals surface area contributed by atoms with Crippen LogP contribution < -0.4 is 5.32 Å². The maximum atomic E-state index is 11.9. The standard InChI is InChI=1S/C13H18N2O/c1-10-3-5-12(6-4-10)14-13(16)11-7-8-15(2)9-11/h3-6,11H,7-9H2,1-2H3,(H,14,16). The maximum Gasteiger partial charge on any atom is 0.228 e. The van der Waals surface area contributed by atoms with Crippen LogP contribution >= 0.6 is 0 Å². The second-order valence-corrected chi connectivity index (χ2v) is 4.60. The Bertz CT molecular complexity index is 372. The summed E-state index contributed by atoms with van der Waals surface area (Å²) in [5, 5.41) is 2.97. The number of hydrogen-bond donors (Lipinski definition) is 1. The smallest absolute Gasteiger partial charge is 0.228 e. The Balaban J connectivity index is 1.94. The number of anilines is 1. The summed E-state index contributed by atoms with van der Waals surface area (Å²) >= 11 is 0. The number of rotatable bonds is 2. The molecule has 0 aliphatic carbocycles. The third-order valence-corrected chi connectivity index (χ3v) is 3.08. The molecule has 1 unspecified atom stereocenters. The molecule has 1 N–H and O–H groups in total. The van der Waals surface area contributed by atoms with Crippen LogP contribution in [0.1, 0.15) is 12.0 Å². The molecule has 0 spiro atoms. The lowest BCUT2D eigenvalue weighted by Crippen LogP contribution is -2.25. The molecule has 1 amide bonds. The van der Waals surface area contributed by atoms with Crippen molar-refractivity contribution >= 4 is 11.6 Å². The van der Waals surface area contributed by atoms with Gasteiger partial charge >= 0.3 is 0 Å². The van der Waals surface area contributed by atoms with Crippen LogP contribution in [0.2, 0.25) is 0 Å². The number of carbonyl (C=O) groups is 1. The van der Waals surface area contributed by atoms with Crippen molar-refractivity contribution in [1.29, 1.82) is 0 Å². The molecule has 1 heterocycles. The van der Waals surface area contributed by atoms with Crippen molar-refractivity contribution in [1.82, 2.24) is 4.90 Å². The van der Waals surface area contributed by atoms with Gasteiger partial charge in [0.25, 0.3) is 0 Å². The Morgan fingerprint density at radius 2 is 2.06 bits per heavy atom. The van der Waals surface area contributed by atoms with E-state index in [0.717, 1.165) is 25.2 Å². The number of aryl methyl sites for hydroxylation is 1. The highest BCUT2D eigenvalue weighted by Gasteiger charge is 2.25. The monoisotopic (exact) mass is 218 g/mol. The summed E-state index contributed by atoms with van der Waals surface area (Å²) in [6.07, 6.45) is 0.966. The van der Waals surface area contributed by atoms with Gasteiger partial charge in [0.15, 0.2) is 0 Å². The molecular weight excluding hydrogens is 200 g/mol. The van der Waals surface area contributed by atoms with Crippen molar-refractivity contribution in [3.63, 3.8) is 0 Å². The third-order valence-electron chi connectivity index (χ3n) is 3.08. The lowest BCUT2D eigenvalue weighted by molar-refractivity contribution is -0.119. The van der Waals surface area contributed by atoms with Gasteiger partial charge in [0, 0.05) is 12.2 Å². The minimum absolute atomic E-state index is 0.145. The summed E-state index contributed by atoms with van der Waals surface area (Å²) in [4.78, 5) is 14.1. The van der Waals surface area contributed by atoms with Gasteiger partial charge in [-0.3, -0.25) is 4.79 Å². The number of carbonyl (C=O) groups excluding carboxylic acids is 1. The van der Waals surface area contributed by atoms with Gasteiger partial charge in [0.1, 0.15) is 0 Å². The van der Waals surface area contributed by atoms with Crippen molar-refractivity contribution in [3.8, 4) is 0 Å². The maximum absolute atomic E-state index is 11.9. The molecule has 0 bridgehead atoms. The Morgan fingerprint density at radius 1 is 1.38 bits per heavy atom. The molecule has 3 nitrogen and oxygen atoms in total. The number of amides is 1. The lowest BCUT2D eigenvalue weighted by atomic mass is 10.1. The number of nitrogens with one attached hydrogen (secondary N) is 1. The van der Waals surface area contributed by atoms with E-state index in [1.165, 1.54) is 5.56 Å². The zero-order chi connectivity index (χ0) is 11.5. The first-order valence-corrected chi connectivity index (χ1v) is 5.71. The van der Waals surface area contributed by atoms with Crippen molar-refractivity contribution in [2.24, 2.45) is 5.92 Å². The molecule has 2 rings (SSSR count). The average Bonchev–Trinajstić information content (AvgIpc) is 2.68. The van der Waals surface area contributed by atoms with Gasteiger partial charge in [-0.05, 0) is 39.1 Å². The first kappa shape index (κ1) is 11.1. The van der Waals surface area contributed by atoms with E-state index in [1.54, 1.807) is 0 Å². The highest BCUT2D eigenvalue weighted by Crippen LogP contribution is 2.17. The van der Waals surface area contributed by atoms with Crippen LogP contribution in [-0.2, 0) is 4.79 Å². The van der Waals surface area contributed by atoms with E-state index in [4.69, 9.17) is 0 Å². The number of nitrogens with zero attached hydrogens (tertiary/aromatic N) is 1. The van der Waals surface area contributed by atoms with E-state index in [1.807, 2.05) is 31.2 Å². The van der Waals surface area contributed by atoms with Gasteiger partial charge in [-0.25, -0.2) is 0 Å². The Morgan fingerprint density at radius 3 is 2.62 bits per heavy atom. The topological polar surface area (TPSA) is 32.3 Å². The predicted molar refractivity (Wildman–Crippen MR) is 65.4 cm³/mol. The van der Waals surface area contributed by atoms with Gasteiger partial charge in [0.05, 0.1) is 5.92 Å². The summed E-state index contributed by atoms with van der Waals surface area (Å²) in [6.45, 7) is 3.93. The number of benzene rings is 1. The summed E-state index contributed by atoms with van der Waals surface area (Å²) in [6, 6.07) is 7.92. The average molecular weight is 218 g/mol. The molecule has 0 saturated carbocycles. The van der Waals surface area contributed by atoms with E-state index in [0.29, 0.717) is 0 Å². The quantitative estimate of drug-likeness (QED) is 0.822. The largest absolute Gasteiger partial charge is 0.326 e. The van der Waals surface area contributed by atoms with E-state index >= 15 is 0 Å². The van der Waals surface area contributed by atoms with Gasteiger partial charge in [-0.15, -0.1) is 0 Å². The second-order valence-electron chi connectivity index (χ2n) is 4.60. The van der Waals surface area contributed by atoms with Crippen molar-refractivity contribution in [3.05, 3.63) is 29.8 Å². The molecule has 0 aromatic heterocycles. The van der Waals surface area contributed by atoms with Crippen LogP contribution in [-0.4, -0.2) is 30.9 Å². The molecule has 3 heteroatoms. The Hall–Kier alpha value is -1.35. The van der Waals surface area contributed by atoms with Crippen LogP contribution in [0, 0.1) is 12.8 Å². The minimum atomic E-state index is 0.145. The molecule has 1 aliphatic rings. The van der Waals surface area contributed by atoms with E-state index in [9.17, 15) is 4.79 Å². The zero-order valence-corrected chi connectivity index (χ0v) is 9.86. The van der Waals surface area contributed by atoms with Crippen LogP contribution in [0.15, 0.2) is 24.3 Å². The van der Waals surface area contributed by atoms with Crippen molar-refractivity contribution in [2.45, 2.75) is 13.3 Å². The molecule has 1 aromatic carbocycles. The van der Waals surface area contributed by atoms with Gasteiger partial charge in [-0.1, -0.05) is 17.7 Å². The molecule has 1 aromatic rings. The molecule has 1 atom stereocenters. The van der Waals surface area contributed by atoms with Crippen molar-refractivity contribution < 1.29 is 4.79 Å². The highest BCUT2D eigenvalue weighted by molar-refractivity contribution is 5.92. The fraction of sp³-hybridized carbons (Fsp3) is 0.462. The SMILES string of the molecule is Cc1ccc(NC(=O)C2CCN(C)C2)cc1. The minimum Gasteiger partial charge on any atom is -0.326 e. The molecule has 1 fully saturated rings. The fourth-order valence-electron chi connectivity index (χ4n) is 2.03. The van der Waals surface area contributed by atoms with Crippen molar-refractivity contribution in [2.75, 3.05) is 25.5 Å². The van der Waals surface area contributed by atoms with Gasteiger partial charge in [0.2, 0.25) is 5.91 Å². The zero-order valence-electron chi connectivity index (χ0n) is 9.86. The Labute approximate surface area is 96.5 Å². The number of hydrogen-bond acceptors (Lipinski definition) is 2.